The molecule has 4 rings (SSSR count). The highest BCUT2D eigenvalue weighted by Gasteiger charge is 2.36. The van der Waals surface area contributed by atoms with Crippen LogP contribution in [0.1, 0.15) is 34.2 Å². The summed E-state index contributed by atoms with van der Waals surface area (Å²) >= 11 is 0. The molecule has 0 aliphatic carbocycles. The Morgan fingerprint density at radius 2 is 1.93 bits per heavy atom. The van der Waals surface area contributed by atoms with E-state index in [9.17, 15) is 0 Å². The standard InChI is InChI=1S/C23H27N3O/c1-17-6-5-7-18(12-17)15-27-16-20-13-24-14-21(19-8-3-2-4-9-19)23(20)22-10-11-25-26-22/h2-12,20-21,23-24H,13-16H2,1H3,(H,25,26). The second-order valence-electron chi connectivity index (χ2n) is 7.48. The molecule has 3 atom stereocenters. The molecule has 140 valence electrons. The first-order chi connectivity index (χ1) is 13.3. The van der Waals surface area contributed by atoms with Gasteiger partial charge in [0, 0.05) is 42.7 Å². The summed E-state index contributed by atoms with van der Waals surface area (Å²) in [5, 5.41) is 11.0. The maximum Gasteiger partial charge on any atom is 0.0717 e. The van der Waals surface area contributed by atoms with Crippen molar-refractivity contribution in [2.24, 2.45) is 5.92 Å². The predicted molar refractivity (Wildman–Crippen MR) is 108 cm³/mol. The molecule has 2 N–H and O–H groups in total. The number of H-pyrrole nitrogens is 1. The summed E-state index contributed by atoms with van der Waals surface area (Å²) < 4.78 is 6.15. The monoisotopic (exact) mass is 361 g/mol. The van der Waals surface area contributed by atoms with Crippen molar-refractivity contribution in [3.05, 3.63) is 89.2 Å². The first kappa shape index (κ1) is 18.0. The largest absolute Gasteiger partial charge is 0.376 e. The fourth-order valence-electron chi connectivity index (χ4n) is 4.25. The Labute approximate surface area is 161 Å². The SMILES string of the molecule is Cc1cccc(COCC2CNCC(c3ccccc3)C2c2ccn[nH]2)c1. The van der Waals surface area contributed by atoms with Gasteiger partial charge in [0.05, 0.1) is 13.2 Å². The molecule has 1 saturated heterocycles. The fourth-order valence-corrected chi connectivity index (χ4v) is 4.25. The third kappa shape index (κ3) is 4.29. The van der Waals surface area contributed by atoms with Gasteiger partial charge in [0.2, 0.25) is 0 Å². The normalized spacial score (nSPS) is 22.6. The van der Waals surface area contributed by atoms with E-state index < -0.39 is 0 Å². The smallest absolute Gasteiger partial charge is 0.0717 e. The molecule has 0 saturated carbocycles. The summed E-state index contributed by atoms with van der Waals surface area (Å²) in [5.41, 5.74) is 5.08. The molecule has 1 fully saturated rings. The highest BCUT2D eigenvalue weighted by atomic mass is 16.5. The summed E-state index contributed by atoms with van der Waals surface area (Å²) in [5.74, 6) is 1.18. The third-order valence-electron chi connectivity index (χ3n) is 5.50. The van der Waals surface area contributed by atoms with Gasteiger partial charge >= 0.3 is 0 Å². The van der Waals surface area contributed by atoms with Crippen LogP contribution in [-0.4, -0.2) is 29.9 Å². The van der Waals surface area contributed by atoms with Gasteiger partial charge in [-0.1, -0.05) is 60.2 Å². The molecule has 1 aliphatic heterocycles. The molecular formula is C23H27N3O. The van der Waals surface area contributed by atoms with E-state index in [1.807, 2.05) is 6.20 Å². The lowest BCUT2D eigenvalue weighted by Crippen LogP contribution is -2.43. The van der Waals surface area contributed by atoms with Gasteiger partial charge in [-0.25, -0.2) is 0 Å². The molecule has 4 heteroatoms. The number of aryl methyl sites for hydroxylation is 1. The van der Waals surface area contributed by atoms with Crippen LogP contribution in [0.15, 0.2) is 66.9 Å². The highest BCUT2D eigenvalue weighted by Crippen LogP contribution is 2.40. The first-order valence-electron chi connectivity index (χ1n) is 9.69. The number of piperidine rings is 1. The summed E-state index contributed by atoms with van der Waals surface area (Å²) in [7, 11) is 0. The zero-order valence-electron chi connectivity index (χ0n) is 15.8. The highest BCUT2D eigenvalue weighted by molar-refractivity contribution is 5.27. The Morgan fingerprint density at radius 3 is 2.70 bits per heavy atom. The Hall–Kier alpha value is -2.43. The van der Waals surface area contributed by atoms with Gasteiger partial charge in [-0.3, -0.25) is 5.10 Å². The van der Waals surface area contributed by atoms with Gasteiger partial charge in [-0.2, -0.15) is 5.10 Å². The molecule has 0 amide bonds. The maximum absolute atomic E-state index is 6.15. The van der Waals surface area contributed by atoms with Crippen LogP contribution in [0.5, 0.6) is 0 Å². The lowest BCUT2D eigenvalue weighted by Gasteiger charge is -2.38. The van der Waals surface area contributed by atoms with Gasteiger partial charge in [-0.05, 0) is 24.1 Å². The van der Waals surface area contributed by atoms with E-state index in [1.54, 1.807) is 0 Å². The molecule has 27 heavy (non-hydrogen) atoms. The van der Waals surface area contributed by atoms with Crippen LogP contribution in [0.25, 0.3) is 0 Å². The minimum absolute atomic E-state index is 0.369. The molecule has 4 nitrogen and oxygen atoms in total. The predicted octanol–water partition coefficient (Wildman–Crippen LogP) is 4.02. The average molecular weight is 361 g/mol. The Morgan fingerprint density at radius 1 is 1.04 bits per heavy atom. The average Bonchev–Trinajstić information content (AvgIpc) is 3.23. The molecule has 3 aromatic rings. The van der Waals surface area contributed by atoms with Crippen molar-refractivity contribution < 1.29 is 4.74 Å². The van der Waals surface area contributed by atoms with Crippen molar-refractivity contribution in [2.45, 2.75) is 25.4 Å². The van der Waals surface area contributed by atoms with Crippen molar-refractivity contribution in [1.82, 2.24) is 15.5 Å². The number of rotatable bonds is 6. The van der Waals surface area contributed by atoms with Crippen LogP contribution in [0.2, 0.25) is 0 Å². The van der Waals surface area contributed by atoms with Crippen LogP contribution in [0.4, 0.5) is 0 Å². The topological polar surface area (TPSA) is 49.9 Å². The number of nitrogens with zero attached hydrogens (tertiary/aromatic N) is 1. The summed E-state index contributed by atoms with van der Waals surface area (Å²) in [6, 6.07) is 21.4. The van der Waals surface area contributed by atoms with Crippen molar-refractivity contribution in [3.8, 4) is 0 Å². The Bertz CT molecular complexity index is 832. The molecular weight excluding hydrogens is 334 g/mol. The van der Waals surface area contributed by atoms with Gasteiger partial charge in [0.15, 0.2) is 0 Å². The molecule has 2 heterocycles. The minimum Gasteiger partial charge on any atom is -0.376 e. The maximum atomic E-state index is 6.15. The van der Waals surface area contributed by atoms with E-state index in [2.05, 4.69) is 83.1 Å². The Balaban J connectivity index is 1.50. The lowest BCUT2D eigenvalue weighted by atomic mass is 9.73. The van der Waals surface area contributed by atoms with Gasteiger partial charge in [-0.15, -0.1) is 0 Å². The van der Waals surface area contributed by atoms with E-state index in [0.717, 1.165) is 19.7 Å². The lowest BCUT2D eigenvalue weighted by molar-refractivity contribution is 0.0650. The van der Waals surface area contributed by atoms with E-state index in [4.69, 9.17) is 4.74 Å². The van der Waals surface area contributed by atoms with Crippen LogP contribution < -0.4 is 5.32 Å². The summed E-state index contributed by atoms with van der Waals surface area (Å²) in [6.07, 6.45) is 1.85. The molecule has 1 aliphatic rings. The Kier molecular flexibility index (Phi) is 5.66. The van der Waals surface area contributed by atoms with E-state index in [0.29, 0.717) is 24.4 Å². The summed E-state index contributed by atoms with van der Waals surface area (Å²) in [6.45, 7) is 5.44. The second kappa shape index (κ2) is 8.51. The van der Waals surface area contributed by atoms with Crippen LogP contribution >= 0.6 is 0 Å². The number of ether oxygens (including phenoxy) is 1. The van der Waals surface area contributed by atoms with Crippen LogP contribution in [0.3, 0.4) is 0 Å². The number of aromatic nitrogens is 2. The number of benzene rings is 2. The first-order valence-corrected chi connectivity index (χ1v) is 9.69. The zero-order valence-corrected chi connectivity index (χ0v) is 15.8. The number of hydrogen-bond acceptors (Lipinski definition) is 3. The number of nitrogens with one attached hydrogen (secondary N) is 2. The molecule has 1 aromatic heterocycles. The van der Waals surface area contributed by atoms with Crippen molar-refractivity contribution in [3.63, 3.8) is 0 Å². The molecule has 0 radical (unpaired) electrons. The van der Waals surface area contributed by atoms with Gasteiger partial charge < -0.3 is 10.1 Å². The van der Waals surface area contributed by atoms with Gasteiger partial charge in [0.1, 0.15) is 0 Å². The molecule has 0 spiro atoms. The van der Waals surface area contributed by atoms with Gasteiger partial charge in [0.25, 0.3) is 0 Å². The number of hydrogen-bond donors (Lipinski definition) is 2. The minimum atomic E-state index is 0.369. The quantitative estimate of drug-likeness (QED) is 0.697. The van der Waals surface area contributed by atoms with Crippen LogP contribution in [0, 0.1) is 12.8 Å². The van der Waals surface area contributed by atoms with E-state index in [-0.39, 0.29) is 0 Å². The zero-order chi connectivity index (χ0) is 18.5. The summed E-state index contributed by atoms with van der Waals surface area (Å²) in [4.78, 5) is 0. The van der Waals surface area contributed by atoms with Crippen molar-refractivity contribution in [1.29, 1.82) is 0 Å². The number of aromatic amines is 1. The van der Waals surface area contributed by atoms with Crippen LogP contribution in [-0.2, 0) is 11.3 Å². The molecule has 3 unspecified atom stereocenters. The van der Waals surface area contributed by atoms with Crippen molar-refractivity contribution >= 4 is 0 Å². The molecule has 0 bridgehead atoms. The van der Waals surface area contributed by atoms with E-state index >= 15 is 0 Å². The fraction of sp³-hybridized carbons (Fsp3) is 0.348. The molecule has 2 aromatic carbocycles. The third-order valence-corrected chi connectivity index (χ3v) is 5.50. The van der Waals surface area contributed by atoms with Crippen molar-refractivity contribution in [2.75, 3.05) is 19.7 Å². The van der Waals surface area contributed by atoms with E-state index in [1.165, 1.54) is 22.4 Å². The second-order valence-corrected chi connectivity index (χ2v) is 7.48.